The van der Waals surface area contributed by atoms with E-state index in [2.05, 4.69) is 11.0 Å². The third-order valence-electron chi connectivity index (χ3n) is 9.39. The Hall–Kier alpha value is -4.22. The molecular weight excluding hydrogens is 574 g/mol. The summed E-state index contributed by atoms with van der Waals surface area (Å²) in [4.78, 5) is 42.2. The average Bonchev–Trinajstić information content (AvgIpc) is 3.86. The van der Waals surface area contributed by atoms with Gasteiger partial charge in [-0.25, -0.2) is 40.7 Å². The Kier molecular flexibility index (Phi) is 6.55. The largest absolute Gasteiger partial charge is 2.00 e. The number of hydrogen-bond acceptors (Lipinski definition) is 5. The SMILES string of the molecule is CN1C[C@@H]([C]2[CH]C=C[CH-]2)C2(C(=O)c3ccccc3C2=O)[C@@]12c1ccccc1-c1nc3ccccc3nc12.[Fe+2].c1cc[cH-]c1. The summed E-state index contributed by atoms with van der Waals surface area (Å²) >= 11 is 0. The minimum absolute atomic E-state index is 0. The normalized spacial score (nSPS) is 22.7. The van der Waals surface area contributed by atoms with E-state index in [4.69, 9.17) is 9.97 Å². The summed E-state index contributed by atoms with van der Waals surface area (Å²) in [5, 5.41) is 0. The number of para-hydroxylation sites is 2. The number of hydrogen-bond donors (Lipinski definition) is 0. The molecule has 3 aliphatic carbocycles. The van der Waals surface area contributed by atoms with E-state index in [0.717, 1.165) is 33.8 Å². The zero-order chi connectivity index (χ0) is 28.5. The Morgan fingerprint density at radius 1 is 0.791 bits per heavy atom. The van der Waals surface area contributed by atoms with Crippen LogP contribution in [-0.2, 0) is 22.6 Å². The topological polar surface area (TPSA) is 63.2 Å². The molecule has 0 N–H and O–H groups in total. The van der Waals surface area contributed by atoms with Crippen molar-refractivity contribution in [2.24, 2.45) is 11.3 Å². The first-order valence-corrected chi connectivity index (χ1v) is 14.3. The van der Waals surface area contributed by atoms with Crippen LogP contribution in [0.4, 0.5) is 0 Å². The van der Waals surface area contributed by atoms with Crippen molar-refractivity contribution >= 4 is 22.6 Å². The second-order valence-electron chi connectivity index (χ2n) is 11.3. The Morgan fingerprint density at radius 3 is 2.00 bits per heavy atom. The minimum Gasteiger partial charge on any atom is -0.293 e. The summed E-state index contributed by atoms with van der Waals surface area (Å²) in [7, 11) is 2.02. The third-order valence-corrected chi connectivity index (χ3v) is 9.39. The third kappa shape index (κ3) is 3.49. The predicted octanol–water partition coefficient (Wildman–Crippen LogP) is 6.44. The molecule has 2 spiro atoms. The van der Waals surface area contributed by atoms with Crippen molar-refractivity contribution in [2.75, 3.05) is 13.6 Å². The molecule has 2 atom stereocenters. The van der Waals surface area contributed by atoms with Crippen molar-refractivity contribution in [3.05, 3.63) is 156 Å². The number of carbonyl (C=O) groups is 2. The Morgan fingerprint density at radius 2 is 1.40 bits per heavy atom. The molecular formula is C37H27FeN3O2. The van der Waals surface area contributed by atoms with Gasteiger partial charge < -0.3 is 0 Å². The molecule has 0 saturated carbocycles. The Balaban J connectivity index is 0.000000457. The first-order valence-electron chi connectivity index (χ1n) is 14.3. The average molecular weight is 601 g/mol. The number of nitrogens with zero attached hydrogens (tertiary/aromatic N) is 3. The predicted molar refractivity (Wildman–Crippen MR) is 162 cm³/mol. The van der Waals surface area contributed by atoms with Crippen LogP contribution in [0.1, 0.15) is 32.0 Å². The van der Waals surface area contributed by atoms with Crippen LogP contribution in [0, 0.1) is 30.1 Å². The number of benzene rings is 3. The van der Waals surface area contributed by atoms with Crippen molar-refractivity contribution in [1.29, 1.82) is 0 Å². The fourth-order valence-corrected chi connectivity index (χ4v) is 7.81. The van der Waals surface area contributed by atoms with E-state index >= 15 is 0 Å². The van der Waals surface area contributed by atoms with E-state index in [9.17, 15) is 9.59 Å². The van der Waals surface area contributed by atoms with Crippen LogP contribution in [0.5, 0.6) is 0 Å². The maximum absolute atomic E-state index is 14.8. The Labute approximate surface area is 261 Å². The van der Waals surface area contributed by atoms with Crippen LogP contribution in [-0.4, -0.2) is 40.0 Å². The van der Waals surface area contributed by atoms with Crippen LogP contribution in [0.3, 0.4) is 0 Å². The number of carbonyl (C=O) groups excluding carboxylic acids is 2. The fraction of sp³-hybridized carbons (Fsp3) is 0.135. The van der Waals surface area contributed by atoms with Gasteiger partial charge >= 0.3 is 17.1 Å². The van der Waals surface area contributed by atoms with Gasteiger partial charge in [0.15, 0.2) is 11.6 Å². The van der Waals surface area contributed by atoms with Crippen LogP contribution in [0.25, 0.3) is 22.3 Å². The standard InChI is InChI=1S/C32H22N3O2.C5H5.Fe/c1-35-18-24(19-10-2-3-11-19)31(29(36)20-12-4-5-13-21(20)30(31)37)32(35)23-15-7-6-14-22(23)27-28(32)34-26-17-9-8-16-25(26)33-27;1-2-4-5-3-1;/h2-17,24H,18H2,1H3;1-5H;/q2*-1;+2/t24-,32-;;/m0../s1. The van der Waals surface area contributed by atoms with E-state index < -0.39 is 11.0 Å². The maximum Gasteiger partial charge on any atom is 2.00 e. The molecule has 4 aromatic carbocycles. The van der Waals surface area contributed by atoms with Crippen LogP contribution >= 0.6 is 0 Å². The molecule has 2 heterocycles. The molecule has 6 heteroatoms. The number of fused-ring (bicyclic) bond motifs is 8. The number of aromatic nitrogens is 2. The zero-order valence-corrected chi connectivity index (χ0v) is 24.5. The second kappa shape index (κ2) is 10.2. The minimum atomic E-state index is -1.40. The van der Waals surface area contributed by atoms with Crippen LogP contribution < -0.4 is 0 Å². The van der Waals surface area contributed by atoms with Crippen molar-refractivity contribution in [1.82, 2.24) is 14.9 Å². The molecule has 5 nitrogen and oxygen atoms in total. The number of likely N-dealkylation sites (tertiary alicyclic amines) is 1. The molecule has 210 valence electrons. The van der Waals surface area contributed by atoms with E-state index in [1.807, 2.05) is 117 Å². The Bertz CT molecular complexity index is 1850. The summed E-state index contributed by atoms with van der Waals surface area (Å²) in [5.74, 6) is 0.410. The summed E-state index contributed by atoms with van der Waals surface area (Å²) in [6.45, 7) is 0.539. The molecule has 0 bridgehead atoms. The quantitative estimate of drug-likeness (QED) is 0.126. The smallest absolute Gasteiger partial charge is 0.293 e. The second-order valence-corrected chi connectivity index (χ2v) is 11.3. The van der Waals surface area contributed by atoms with E-state index in [1.165, 1.54) is 0 Å². The molecule has 2 radical (unpaired) electrons. The van der Waals surface area contributed by atoms with Gasteiger partial charge in [0.1, 0.15) is 11.0 Å². The molecule has 43 heavy (non-hydrogen) atoms. The van der Waals surface area contributed by atoms with Gasteiger partial charge in [0.2, 0.25) is 0 Å². The first-order chi connectivity index (χ1) is 20.6. The van der Waals surface area contributed by atoms with Gasteiger partial charge in [-0.15, -0.1) is 6.42 Å². The van der Waals surface area contributed by atoms with E-state index in [-0.39, 0.29) is 34.6 Å². The van der Waals surface area contributed by atoms with Gasteiger partial charge in [-0.3, -0.25) is 14.5 Å². The van der Waals surface area contributed by atoms with Gasteiger partial charge in [0.05, 0.1) is 22.4 Å². The van der Waals surface area contributed by atoms with Gasteiger partial charge in [0.25, 0.3) is 0 Å². The molecule has 4 aliphatic rings. The van der Waals surface area contributed by atoms with Crippen molar-refractivity contribution < 1.29 is 26.7 Å². The number of ketones is 2. The van der Waals surface area contributed by atoms with Crippen molar-refractivity contribution in [3.63, 3.8) is 0 Å². The molecule has 1 saturated heterocycles. The molecule has 1 aliphatic heterocycles. The summed E-state index contributed by atoms with van der Waals surface area (Å²) in [6.07, 6.45) is 8.04. The first kappa shape index (κ1) is 27.6. The summed E-state index contributed by atoms with van der Waals surface area (Å²) < 4.78 is 0. The molecule has 1 fully saturated rings. The van der Waals surface area contributed by atoms with E-state index in [1.54, 1.807) is 12.1 Å². The van der Waals surface area contributed by atoms with Crippen molar-refractivity contribution in [3.8, 4) is 11.3 Å². The zero-order valence-electron chi connectivity index (χ0n) is 23.4. The molecule has 0 amide bonds. The number of Topliss-reactive ketones (excluding diaryl/α,β-unsaturated/α-hetero) is 2. The van der Waals surface area contributed by atoms with Gasteiger partial charge in [-0.1, -0.05) is 66.6 Å². The number of rotatable bonds is 1. The van der Waals surface area contributed by atoms with Crippen LogP contribution in [0.2, 0.25) is 0 Å². The van der Waals surface area contributed by atoms with Gasteiger partial charge in [0, 0.05) is 23.2 Å². The molecule has 1 aromatic heterocycles. The molecule has 9 rings (SSSR count). The van der Waals surface area contributed by atoms with Crippen LogP contribution in [0.15, 0.2) is 115 Å². The summed E-state index contributed by atoms with van der Waals surface area (Å²) in [5.41, 5.74) is 3.35. The summed E-state index contributed by atoms with van der Waals surface area (Å²) in [6, 6.07) is 33.2. The van der Waals surface area contributed by atoms with Gasteiger partial charge in [-0.05, 0) is 30.7 Å². The van der Waals surface area contributed by atoms with Crippen molar-refractivity contribution in [2.45, 2.75) is 5.54 Å². The molecule has 5 aromatic rings. The van der Waals surface area contributed by atoms with Gasteiger partial charge in [-0.2, -0.15) is 18.2 Å². The fourth-order valence-electron chi connectivity index (χ4n) is 7.81. The number of allylic oxidation sites excluding steroid dienone is 2. The monoisotopic (exact) mass is 601 g/mol. The maximum atomic E-state index is 14.8. The molecule has 0 unspecified atom stereocenters. The van der Waals surface area contributed by atoms with E-state index in [0.29, 0.717) is 23.4 Å².